The van der Waals surface area contributed by atoms with Gasteiger partial charge in [0.1, 0.15) is 11.2 Å². The molecule has 262 valence electrons. The van der Waals surface area contributed by atoms with Gasteiger partial charge in [-0.3, -0.25) is 0 Å². The molecule has 11 rings (SSSR count). The number of nitrogens with zero attached hydrogens (tertiary/aromatic N) is 1. The van der Waals surface area contributed by atoms with Crippen LogP contribution in [-0.2, 0) is 0 Å². The zero-order valence-corrected chi connectivity index (χ0v) is 30.6. The van der Waals surface area contributed by atoms with Crippen LogP contribution >= 0.6 is 0 Å². The molecule has 0 fully saturated rings. The van der Waals surface area contributed by atoms with E-state index in [2.05, 4.69) is 217 Å². The minimum absolute atomic E-state index is 0.891. The fourth-order valence-corrected chi connectivity index (χ4v) is 8.55. The Bertz CT molecular complexity index is 3110. The number of benzene rings is 10. The van der Waals surface area contributed by atoms with Crippen molar-refractivity contribution < 1.29 is 4.42 Å². The van der Waals surface area contributed by atoms with Crippen molar-refractivity contribution in [1.82, 2.24) is 0 Å². The molecule has 10 aromatic carbocycles. The third-order valence-corrected chi connectivity index (χ3v) is 11.3. The van der Waals surface area contributed by atoms with E-state index in [0.29, 0.717) is 0 Å². The van der Waals surface area contributed by atoms with Crippen LogP contribution in [0.3, 0.4) is 0 Å². The number of anilines is 3. The lowest BCUT2D eigenvalue weighted by atomic mass is 9.96. The molecule has 0 saturated carbocycles. The van der Waals surface area contributed by atoms with Gasteiger partial charge in [-0.1, -0.05) is 170 Å². The fraction of sp³-hybridized carbons (Fsp3) is 0. The summed E-state index contributed by atoms with van der Waals surface area (Å²) in [5.41, 5.74) is 12.0. The van der Waals surface area contributed by atoms with Gasteiger partial charge in [0.15, 0.2) is 0 Å². The van der Waals surface area contributed by atoms with Crippen LogP contribution in [0.1, 0.15) is 0 Å². The highest BCUT2D eigenvalue weighted by molar-refractivity contribution is 6.14. The van der Waals surface area contributed by atoms with Gasteiger partial charge in [-0.2, -0.15) is 0 Å². The first-order valence-electron chi connectivity index (χ1n) is 19.2. The summed E-state index contributed by atoms with van der Waals surface area (Å²) in [4.78, 5) is 2.38. The number of hydrogen-bond acceptors (Lipinski definition) is 2. The molecular weight excluding hydrogens is 679 g/mol. The van der Waals surface area contributed by atoms with E-state index in [1.54, 1.807) is 0 Å². The molecule has 1 aromatic heterocycles. The van der Waals surface area contributed by atoms with Crippen LogP contribution in [-0.4, -0.2) is 0 Å². The van der Waals surface area contributed by atoms with E-state index in [1.165, 1.54) is 54.6 Å². The molecule has 0 atom stereocenters. The van der Waals surface area contributed by atoms with E-state index in [4.69, 9.17) is 4.42 Å². The predicted molar refractivity (Wildman–Crippen MR) is 237 cm³/mol. The third-order valence-electron chi connectivity index (χ3n) is 11.3. The van der Waals surface area contributed by atoms with Crippen molar-refractivity contribution in [2.45, 2.75) is 0 Å². The molecule has 1 heterocycles. The van der Waals surface area contributed by atoms with Crippen LogP contribution in [0.15, 0.2) is 217 Å². The zero-order valence-electron chi connectivity index (χ0n) is 30.6. The lowest BCUT2D eigenvalue weighted by molar-refractivity contribution is 0.670. The second-order valence-corrected chi connectivity index (χ2v) is 14.5. The molecule has 0 spiro atoms. The molecule has 2 heteroatoms. The van der Waals surface area contributed by atoms with E-state index < -0.39 is 0 Å². The summed E-state index contributed by atoms with van der Waals surface area (Å²) in [5, 5.41) is 9.60. The highest BCUT2D eigenvalue weighted by Crippen LogP contribution is 2.45. The molecule has 0 amide bonds. The first kappa shape index (κ1) is 32.0. The van der Waals surface area contributed by atoms with E-state index in [-0.39, 0.29) is 0 Å². The summed E-state index contributed by atoms with van der Waals surface area (Å²) in [6.45, 7) is 0. The number of hydrogen-bond donors (Lipinski definition) is 0. The van der Waals surface area contributed by atoms with Crippen molar-refractivity contribution >= 4 is 71.3 Å². The Hall–Kier alpha value is -7.42. The van der Waals surface area contributed by atoms with E-state index in [0.717, 1.165) is 50.1 Å². The third kappa shape index (κ3) is 5.34. The molecule has 0 aliphatic carbocycles. The standard InChI is InChI=1S/C54H35NO/c1-2-15-41-35-53-51(34-40(41)14-1)50-24-11-23-49(54(50)56-53)48-20-7-8-25-52(48)55(42-30-26-38(27-31-42)46-21-9-16-36-12-3-5-18-44(36)46)43-32-28-39(29-33-43)47-22-10-17-37-13-4-6-19-45(37)47/h1-35H. The molecule has 0 N–H and O–H groups in total. The van der Waals surface area contributed by atoms with E-state index >= 15 is 0 Å². The molecule has 0 bridgehead atoms. The van der Waals surface area contributed by atoms with Gasteiger partial charge in [-0.15, -0.1) is 0 Å². The normalized spacial score (nSPS) is 11.6. The lowest BCUT2D eigenvalue weighted by Crippen LogP contribution is -2.11. The van der Waals surface area contributed by atoms with Crippen molar-refractivity contribution in [2.24, 2.45) is 0 Å². The molecule has 0 aliphatic heterocycles. The van der Waals surface area contributed by atoms with Gasteiger partial charge < -0.3 is 9.32 Å². The highest BCUT2D eigenvalue weighted by atomic mass is 16.3. The van der Waals surface area contributed by atoms with Crippen LogP contribution < -0.4 is 4.90 Å². The predicted octanol–water partition coefficient (Wildman–Crippen LogP) is 15.5. The highest BCUT2D eigenvalue weighted by Gasteiger charge is 2.21. The first-order valence-corrected chi connectivity index (χ1v) is 19.2. The number of fused-ring (bicyclic) bond motifs is 6. The van der Waals surface area contributed by atoms with Gasteiger partial charge in [0.05, 0.1) is 5.69 Å². The largest absolute Gasteiger partial charge is 0.455 e. The molecule has 0 saturated heterocycles. The number of para-hydroxylation sites is 2. The Kier molecular flexibility index (Phi) is 7.53. The Morgan fingerprint density at radius 3 is 1.38 bits per heavy atom. The van der Waals surface area contributed by atoms with Gasteiger partial charge >= 0.3 is 0 Å². The topological polar surface area (TPSA) is 16.4 Å². The Labute approximate surface area is 325 Å². The average molecular weight is 714 g/mol. The van der Waals surface area contributed by atoms with Crippen molar-refractivity contribution in [3.63, 3.8) is 0 Å². The minimum Gasteiger partial charge on any atom is -0.455 e. The second-order valence-electron chi connectivity index (χ2n) is 14.5. The van der Waals surface area contributed by atoms with Crippen LogP contribution in [0.4, 0.5) is 17.1 Å². The summed E-state index contributed by atoms with van der Waals surface area (Å²) in [6, 6.07) is 76.4. The van der Waals surface area contributed by atoms with Crippen molar-refractivity contribution in [2.75, 3.05) is 4.90 Å². The summed E-state index contributed by atoms with van der Waals surface area (Å²) in [6.07, 6.45) is 0. The molecular formula is C54H35NO. The lowest BCUT2D eigenvalue weighted by Gasteiger charge is -2.28. The SMILES string of the molecule is c1ccc(N(c2ccc(-c3cccc4ccccc34)cc2)c2ccc(-c3cccc4ccccc34)cc2)c(-c2cccc3c2oc2cc4ccccc4cc23)c1. The van der Waals surface area contributed by atoms with Crippen LogP contribution in [0.2, 0.25) is 0 Å². The Morgan fingerprint density at radius 1 is 0.304 bits per heavy atom. The molecule has 0 unspecified atom stereocenters. The van der Waals surface area contributed by atoms with E-state index in [1.807, 2.05) is 0 Å². The van der Waals surface area contributed by atoms with Gasteiger partial charge in [0, 0.05) is 33.3 Å². The molecule has 2 nitrogen and oxygen atoms in total. The Balaban J connectivity index is 1.08. The van der Waals surface area contributed by atoms with Gasteiger partial charge in [-0.05, 0) is 97.0 Å². The second kappa shape index (κ2) is 13.2. The maximum absolute atomic E-state index is 6.77. The van der Waals surface area contributed by atoms with Crippen LogP contribution in [0.5, 0.6) is 0 Å². The maximum atomic E-state index is 6.77. The summed E-state index contributed by atoms with van der Waals surface area (Å²) >= 11 is 0. The monoisotopic (exact) mass is 713 g/mol. The molecule has 0 aliphatic rings. The van der Waals surface area contributed by atoms with Crippen LogP contribution in [0.25, 0.3) is 87.6 Å². The Morgan fingerprint density at radius 2 is 0.750 bits per heavy atom. The van der Waals surface area contributed by atoms with Gasteiger partial charge in [0.2, 0.25) is 0 Å². The van der Waals surface area contributed by atoms with E-state index in [9.17, 15) is 0 Å². The van der Waals surface area contributed by atoms with Gasteiger partial charge in [-0.25, -0.2) is 0 Å². The fourth-order valence-electron chi connectivity index (χ4n) is 8.55. The molecule has 56 heavy (non-hydrogen) atoms. The van der Waals surface area contributed by atoms with Crippen LogP contribution in [0, 0.1) is 0 Å². The minimum atomic E-state index is 0.891. The smallest absolute Gasteiger partial charge is 0.143 e. The first-order chi connectivity index (χ1) is 27.8. The van der Waals surface area contributed by atoms with Gasteiger partial charge in [0.25, 0.3) is 0 Å². The number of furan rings is 1. The maximum Gasteiger partial charge on any atom is 0.143 e. The quantitative estimate of drug-likeness (QED) is 0.171. The van der Waals surface area contributed by atoms with Crippen molar-refractivity contribution in [3.05, 3.63) is 212 Å². The average Bonchev–Trinajstić information content (AvgIpc) is 3.63. The summed E-state index contributed by atoms with van der Waals surface area (Å²) < 4.78 is 6.77. The summed E-state index contributed by atoms with van der Waals surface area (Å²) in [5.74, 6) is 0. The molecule has 0 radical (unpaired) electrons. The zero-order chi connectivity index (χ0) is 37.0. The van der Waals surface area contributed by atoms with Crippen molar-refractivity contribution in [1.29, 1.82) is 0 Å². The number of rotatable bonds is 6. The van der Waals surface area contributed by atoms with Crippen molar-refractivity contribution in [3.8, 4) is 33.4 Å². The molecule has 11 aromatic rings. The summed E-state index contributed by atoms with van der Waals surface area (Å²) in [7, 11) is 0.